The van der Waals surface area contributed by atoms with E-state index in [4.69, 9.17) is 11.6 Å². The van der Waals surface area contributed by atoms with Crippen LogP contribution in [0.5, 0.6) is 0 Å². The lowest BCUT2D eigenvalue weighted by molar-refractivity contribution is -0.114. The number of carbonyl (C=O) groups is 2. The zero-order valence-electron chi connectivity index (χ0n) is 18.3. The van der Waals surface area contributed by atoms with Crippen LogP contribution in [0.15, 0.2) is 66.1 Å². The Morgan fingerprint density at radius 2 is 1.76 bits per heavy atom. The van der Waals surface area contributed by atoms with E-state index in [1.54, 1.807) is 53.5 Å². The summed E-state index contributed by atoms with van der Waals surface area (Å²) in [7, 11) is 0. The molecule has 0 aliphatic carbocycles. The van der Waals surface area contributed by atoms with Crippen LogP contribution >= 0.6 is 23.4 Å². The van der Waals surface area contributed by atoms with Crippen LogP contribution in [0.4, 0.5) is 11.4 Å². The van der Waals surface area contributed by atoms with Crippen molar-refractivity contribution in [3.63, 3.8) is 0 Å². The number of nitrogens with one attached hydrogen (secondary N) is 2. The van der Waals surface area contributed by atoms with Crippen LogP contribution < -0.4 is 10.6 Å². The summed E-state index contributed by atoms with van der Waals surface area (Å²) in [6, 6.07) is 14.1. The lowest BCUT2D eigenvalue weighted by atomic mass is 10.2. The van der Waals surface area contributed by atoms with Gasteiger partial charge in [-0.2, -0.15) is 0 Å². The zero-order valence-corrected chi connectivity index (χ0v) is 19.9. The van der Waals surface area contributed by atoms with Crippen molar-refractivity contribution in [2.75, 3.05) is 10.6 Å². The Hall–Kier alpha value is -3.76. The number of aryl methyl sites for hydroxylation is 1. The number of nitrogens with zero attached hydrogens (tertiary/aromatic N) is 5. The summed E-state index contributed by atoms with van der Waals surface area (Å²) in [4.78, 5) is 33.0. The number of benzene rings is 2. The summed E-state index contributed by atoms with van der Waals surface area (Å²) < 4.78 is 1.59. The number of thioether (sulfide) groups is 1. The summed E-state index contributed by atoms with van der Waals surface area (Å²) in [5, 5.41) is 15.0. The fourth-order valence-electron chi connectivity index (χ4n) is 3.09. The standard InChI is InChI=1S/C23H20ClN7O2S/c1-14-7-8-18(12-19(14)24)31-20(13-34-23-25-9-4-10-26-23)21(29-30-31)22(33)28-17-6-3-5-16(11-17)27-15(2)32/h3-12H,13H2,1-2H3,(H,27,32)(H,28,33). The lowest BCUT2D eigenvalue weighted by Crippen LogP contribution is -2.15. The van der Waals surface area contributed by atoms with Gasteiger partial charge < -0.3 is 10.6 Å². The predicted molar refractivity (Wildman–Crippen MR) is 131 cm³/mol. The maximum Gasteiger partial charge on any atom is 0.278 e. The molecule has 0 saturated carbocycles. The summed E-state index contributed by atoms with van der Waals surface area (Å²) in [5.41, 5.74) is 3.41. The van der Waals surface area contributed by atoms with Crippen LogP contribution in [0.25, 0.3) is 5.69 Å². The first kappa shape index (κ1) is 23.4. The van der Waals surface area contributed by atoms with Gasteiger partial charge in [0.25, 0.3) is 5.91 Å². The lowest BCUT2D eigenvalue weighted by Gasteiger charge is -2.10. The highest BCUT2D eigenvalue weighted by molar-refractivity contribution is 7.98. The minimum atomic E-state index is -0.436. The molecule has 0 atom stereocenters. The molecule has 0 fully saturated rings. The summed E-state index contributed by atoms with van der Waals surface area (Å²) >= 11 is 7.68. The summed E-state index contributed by atoms with van der Waals surface area (Å²) in [6.45, 7) is 3.33. The van der Waals surface area contributed by atoms with Gasteiger partial charge in [-0.25, -0.2) is 14.6 Å². The number of hydrogen-bond acceptors (Lipinski definition) is 7. The highest BCUT2D eigenvalue weighted by Crippen LogP contribution is 2.26. The maximum atomic E-state index is 13.2. The third kappa shape index (κ3) is 5.59. The van der Waals surface area contributed by atoms with Gasteiger partial charge in [0.15, 0.2) is 10.9 Å². The minimum Gasteiger partial charge on any atom is -0.326 e. The van der Waals surface area contributed by atoms with E-state index < -0.39 is 5.91 Å². The van der Waals surface area contributed by atoms with Crippen LogP contribution in [-0.4, -0.2) is 36.8 Å². The molecule has 9 nitrogen and oxygen atoms in total. The fraction of sp³-hybridized carbons (Fsp3) is 0.130. The van der Waals surface area contributed by atoms with Crippen LogP contribution in [0.3, 0.4) is 0 Å². The van der Waals surface area contributed by atoms with Gasteiger partial charge in [0, 0.05) is 41.5 Å². The molecule has 0 aliphatic rings. The van der Waals surface area contributed by atoms with Crippen molar-refractivity contribution in [3.8, 4) is 5.69 Å². The van der Waals surface area contributed by atoms with Crippen LogP contribution in [-0.2, 0) is 10.5 Å². The van der Waals surface area contributed by atoms with E-state index in [-0.39, 0.29) is 11.6 Å². The molecule has 2 aromatic carbocycles. The molecule has 0 saturated heterocycles. The van der Waals surface area contributed by atoms with Gasteiger partial charge in [-0.05, 0) is 48.9 Å². The molecule has 2 amide bonds. The van der Waals surface area contributed by atoms with E-state index in [1.807, 2.05) is 19.1 Å². The van der Waals surface area contributed by atoms with Crippen molar-refractivity contribution in [1.82, 2.24) is 25.0 Å². The molecule has 172 valence electrons. The molecule has 4 rings (SSSR count). The largest absolute Gasteiger partial charge is 0.326 e. The number of rotatable bonds is 7. The van der Waals surface area contributed by atoms with Gasteiger partial charge in [0.1, 0.15) is 0 Å². The fourth-order valence-corrected chi connectivity index (χ4v) is 4.06. The first-order valence-corrected chi connectivity index (χ1v) is 11.6. The highest BCUT2D eigenvalue weighted by atomic mass is 35.5. The zero-order chi connectivity index (χ0) is 24.1. The van der Waals surface area contributed by atoms with Crippen LogP contribution in [0.2, 0.25) is 5.02 Å². The SMILES string of the molecule is CC(=O)Nc1cccc(NC(=O)c2nnn(-c3ccc(C)c(Cl)c3)c2CSc2ncccn2)c1. The number of hydrogen-bond donors (Lipinski definition) is 2. The molecule has 34 heavy (non-hydrogen) atoms. The van der Waals surface area contributed by atoms with E-state index >= 15 is 0 Å². The smallest absolute Gasteiger partial charge is 0.278 e. The molecule has 0 unspecified atom stereocenters. The molecule has 0 radical (unpaired) electrons. The topological polar surface area (TPSA) is 115 Å². The number of amides is 2. The van der Waals surface area contributed by atoms with Gasteiger partial charge in [-0.1, -0.05) is 40.7 Å². The van der Waals surface area contributed by atoms with Crippen molar-refractivity contribution in [3.05, 3.63) is 82.9 Å². The number of halogens is 1. The highest BCUT2D eigenvalue weighted by Gasteiger charge is 2.22. The van der Waals surface area contributed by atoms with Crippen molar-refractivity contribution in [2.45, 2.75) is 24.8 Å². The Bertz CT molecular complexity index is 1340. The number of aromatic nitrogens is 5. The minimum absolute atomic E-state index is 0.157. The second kappa shape index (κ2) is 10.4. The number of carbonyl (C=O) groups excluding carboxylic acids is 2. The van der Waals surface area contributed by atoms with Crippen molar-refractivity contribution >= 4 is 46.6 Å². The molecule has 2 heterocycles. The van der Waals surface area contributed by atoms with Crippen LogP contribution in [0, 0.1) is 6.92 Å². The van der Waals surface area contributed by atoms with Crippen molar-refractivity contribution < 1.29 is 9.59 Å². The Labute approximate surface area is 205 Å². The van der Waals surface area contributed by atoms with E-state index in [2.05, 4.69) is 30.9 Å². The second-order valence-electron chi connectivity index (χ2n) is 7.27. The third-order valence-corrected chi connectivity index (χ3v) is 5.99. The van der Waals surface area contributed by atoms with Gasteiger partial charge in [-0.15, -0.1) is 5.10 Å². The van der Waals surface area contributed by atoms with Gasteiger partial charge in [0.05, 0.1) is 11.4 Å². The third-order valence-electron chi connectivity index (χ3n) is 4.70. The van der Waals surface area contributed by atoms with Gasteiger partial charge in [-0.3, -0.25) is 9.59 Å². The molecule has 0 bridgehead atoms. The molecular formula is C23H20ClN7O2S. The Balaban J connectivity index is 1.65. The first-order chi connectivity index (χ1) is 16.4. The molecular weight excluding hydrogens is 474 g/mol. The Morgan fingerprint density at radius 1 is 1.03 bits per heavy atom. The predicted octanol–water partition coefficient (Wildman–Crippen LogP) is 4.52. The molecule has 4 aromatic rings. The second-order valence-corrected chi connectivity index (χ2v) is 8.62. The molecule has 2 N–H and O–H groups in total. The Kier molecular flexibility index (Phi) is 7.19. The van der Waals surface area contributed by atoms with Crippen LogP contribution in [0.1, 0.15) is 28.7 Å². The van der Waals surface area contributed by atoms with Crippen molar-refractivity contribution in [2.24, 2.45) is 0 Å². The van der Waals surface area contributed by atoms with E-state index in [1.165, 1.54) is 18.7 Å². The summed E-state index contributed by atoms with van der Waals surface area (Å²) in [5.74, 6) is -0.295. The Morgan fingerprint density at radius 3 is 2.47 bits per heavy atom. The first-order valence-electron chi connectivity index (χ1n) is 10.2. The molecule has 2 aromatic heterocycles. The van der Waals surface area contributed by atoms with E-state index in [0.717, 1.165) is 5.56 Å². The van der Waals surface area contributed by atoms with E-state index in [0.29, 0.717) is 38.7 Å². The summed E-state index contributed by atoms with van der Waals surface area (Å²) in [6.07, 6.45) is 3.31. The van der Waals surface area contributed by atoms with Gasteiger partial charge in [0.2, 0.25) is 5.91 Å². The van der Waals surface area contributed by atoms with Crippen molar-refractivity contribution in [1.29, 1.82) is 0 Å². The normalized spacial score (nSPS) is 10.7. The van der Waals surface area contributed by atoms with E-state index in [9.17, 15) is 9.59 Å². The monoisotopic (exact) mass is 493 g/mol. The maximum absolute atomic E-state index is 13.2. The molecule has 0 spiro atoms. The van der Waals surface area contributed by atoms with Gasteiger partial charge >= 0.3 is 0 Å². The molecule has 11 heteroatoms. The average Bonchev–Trinajstić information content (AvgIpc) is 3.24. The molecule has 0 aliphatic heterocycles. The number of anilines is 2. The average molecular weight is 494 g/mol. The quantitative estimate of drug-likeness (QED) is 0.287.